The predicted octanol–water partition coefficient (Wildman–Crippen LogP) is 3.48. The van der Waals surface area contributed by atoms with Crippen LogP contribution >= 0.6 is 15.9 Å². The van der Waals surface area contributed by atoms with Crippen molar-refractivity contribution in [2.75, 3.05) is 11.9 Å². The van der Waals surface area contributed by atoms with E-state index in [-0.39, 0.29) is 12.5 Å². The van der Waals surface area contributed by atoms with E-state index in [9.17, 15) is 4.79 Å². The van der Waals surface area contributed by atoms with Gasteiger partial charge in [0.05, 0.1) is 0 Å². The minimum atomic E-state index is -0.233. The van der Waals surface area contributed by atoms with Gasteiger partial charge in [0, 0.05) is 10.7 Å². The van der Waals surface area contributed by atoms with E-state index in [1.165, 1.54) is 0 Å². The van der Waals surface area contributed by atoms with Crippen LogP contribution in [0.4, 0.5) is 5.82 Å². The molecule has 0 saturated heterocycles. The van der Waals surface area contributed by atoms with E-state index in [4.69, 9.17) is 4.74 Å². The molecule has 2 aromatic rings. The Morgan fingerprint density at radius 1 is 1.30 bits per heavy atom. The molecular weight excluding hydrogens is 320 g/mol. The number of nitrogens with one attached hydrogen (secondary N) is 1. The molecule has 0 radical (unpaired) electrons. The van der Waals surface area contributed by atoms with Crippen LogP contribution in [0.2, 0.25) is 0 Å². The van der Waals surface area contributed by atoms with Crippen LogP contribution in [0.25, 0.3) is 0 Å². The fourth-order valence-electron chi connectivity index (χ4n) is 1.62. The van der Waals surface area contributed by atoms with E-state index in [1.807, 2.05) is 44.2 Å². The van der Waals surface area contributed by atoms with Crippen molar-refractivity contribution in [1.29, 1.82) is 0 Å². The number of halogens is 1. The Labute approximate surface area is 126 Å². The number of rotatable bonds is 4. The normalized spacial score (nSPS) is 10.2. The van der Waals surface area contributed by atoms with Gasteiger partial charge in [0.15, 0.2) is 6.61 Å². The Balaban J connectivity index is 1.90. The van der Waals surface area contributed by atoms with E-state index in [0.717, 1.165) is 15.6 Å². The Bertz CT molecular complexity index is 612. The zero-order valence-corrected chi connectivity index (χ0v) is 12.9. The molecule has 0 saturated carbocycles. The molecule has 2 rings (SSSR count). The summed E-state index contributed by atoms with van der Waals surface area (Å²) in [5.41, 5.74) is 2.04. The van der Waals surface area contributed by atoms with Gasteiger partial charge in [0.1, 0.15) is 11.6 Å². The highest BCUT2D eigenvalue weighted by Crippen LogP contribution is 2.17. The fraction of sp³-hybridized carbons (Fsp3) is 0.200. The van der Waals surface area contributed by atoms with Gasteiger partial charge < -0.3 is 10.1 Å². The molecule has 0 aliphatic heterocycles. The third-order valence-electron chi connectivity index (χ3n) is 2.69. The van der Waals surface area contributed by atoms with Crippen LogP contribution < -0.4 is 10.1 Å². The summed E-state index contributed by atoms with van der Waals surface area (Å²) < 4.78 is 6.29. The van der Waals surface area contributed by atoms with Crippen molar-refractivity contribution in [3.8, 4) is 5.75 Å². The van der Waals surface area contributed by atoms with Gasteiger partial charge in [0.25, 0.3) is 5.91 Å². The molecule has 5 heteroatoms. The van der Waals surface area contributed by atoms with E-state index in [1.54, 1.807) is 6.20 Å². The number of aromatic nitrogens is 1. The molecular formula is C15H15BrN2O2. The van der Waals surface area contributed by atoms with Gasteiger partial charge in [-0.05, 0) is 53.5 Å². The quantitative estimate of drug-likeness (QED) is 0.931. The summed E-state index contributed by atoms with van der Waals surface area (Å²) in [7, 11) is 0. The number of ether oxygens (including phenoxy) is 1. The second-order valence-corrected chi connectivity index (χ2v) is 5.38. The average Bonchev–Trinajstić information content (AvgIpc) is 2.41. The molecule has 0 unspecified atom stereocenters. The van der Waals surface area contributed by atoms with Gasteiger partial charge in [-0.3, -0.25) is 4.79 Å². The number of carbonyl (C=O) groups is 1. The number of hydrogen-bond acceptors (Lipinski definition) is 3. The number of nitrogens with zero attached hydrogens (tertiary/aromatic N) is 1. The molecule has 4 nitrogen and oxygen atoms in total. The van der Waals surface area contributed by atoms with Gasteiger partial charge in [-0.15, -0.1) is 0 Å². The average molecular weight is 335 g/mol. The molecule has 1 heterocycles. The first kappa shape index (κ1) is 14.5. The summed E-state index contributed by atoms with van der Waals surface area (Å²) >= 11 is 3.33. The number of amides is 1. The summed E-state index contributed by atoms with van der Waals surface area (Å²) in [6.07, 6.45) is 1.64. The third-order valence-corrected chi connectivity index (χ3v) is 3.13. The predicted molar refractivity (Wildman–Crippen MR) is 82.0 cm³/mol. The monoisotopic (exact) mass is 334 g/mol. The summed E-state index contributed by atoms with van der Waals surface area (Å²) in [4.78, 5) is 16.0. The van der Waals surface area contributed by atoms with Gasteiger partial charge in [0.2, 0.25) is 0 Å². The van der Waals surface area contributed by atoms with E-state index >= 15 is 0 Å². The molecule has 0 bridgehead atoms. The van der Waals surface area contributed by atoms with Crippen LogP contribution in [0.5, 0.6) is 5.75 Å². The summed E-state index contributed by atoms with van der Waals surface area (Å²) in [5, 5.41) is 2.72. The Morgan fingerprint density at radius 3 is 2.65 bits per heavy atom. The van der Waals surface area contributed by atoms with E-state index in [2.05, 4.69) is 26.2 Å². The summed E-state index contributed by atoms with van der Waals surface area (Å²) in [6.45, 7) is 3.84. The minimum Gasteiger partial charge on any atom is -0.484 e. The highest BCUT2D eigenvalue weighted by atomic mass is 79.9. The molecule has 1 aromatic carbocycles. The van der Waals surface area contributed by atoms with Crippen LogP contribution in [0.15, 0.2) is 41.0 Å². The number of hydrogen-bond donors (Lipinski definition) is 1. The van der Waals surface area contributed by atoms with Crippen molar-refractivity contribution in [3.05, 3.63) is 52.1 Å². The topological polar surface area (TPSA) is 51.2 Å². The number of pyridine rings is 1. The zero-order valence-electron chi connectivity index (χ0n) is 11.3. The molecule has 0 fully saturated rings. The molecule has 1 aromatic heterocycles. The van der Waals surface area contributed by atoms with Gasteiger partial charge >= 0.3 is 0 Å². The lowest BCUT2D eigenvalue weighted by Crippen LogP contribution is -2.21. The number of aryl methyl sites for hydroxylation is 2. The molecule has 0 atom stereocenters. The van der Waals surface area contributed by atoms with Crippen molar-refractivity contribution >= 4 is 27.7 Å². The number of carbonyl (C=O) groups excluding carboxylic acids is 1. The second-order valence-electron chi connectivity index (χ2n) is 4.47. The molecule has 20 heavy (non-hydrogen) atoms. The maximum atomic E-state index is 11.8. The molecule has 0 aliphatic rings. The fourth-order valence-corrected chi connectivity index (χ4v) is 2.07. The van der Waals surface area contributed by atoms with Crippen molar-refractivity contribution in [3.63, 3.8) is 0 Å². The van der Waals surface area contributed by atoms with Gasteiger partial charge in [-0.1, -0.05) is 17.7 Å². The van der Waals surface area contributed by atoms with Gasteiger partial charge in [-0.2, -0.15) is 0 Å². The molecule has 104 valence electrons. The second kappa shape index (κ2) is 6.52. The molecule has 0 spiro atoms. The van der Waals surface area contributed by atoms with Crippen LogP contribution in [-0.4, -0.2) is 17.5 Å². The smallest absolute Gasteiger partial charge is 0.263 e. The van der Waals surface area contributed by atoms with Crippen molar-refractivity contribution in [2.24, 2.45) is 0 Å². The number of anilines is 1. The summed E-state index contributed by atoms with van der Waals surface area (Å²) in [5.74, 6) is 0.987. The number of benzene rings is 1. The van der Waals surface area contributed by atoms with Crippen LogP contribution in [-0.2, 0) is 4.79 Å². The highest BCUT2D eigenvalue weighted by Gasteiger charge is 2.07. The maximum Gasteiger partial charge on any atom is 0.263 e. The first-order valence-corrected chi connectivity index (χ1v) is 6.95. The van der Waals surface area contributed by atoms with Crippen molar-refractivity contribution in [2.45, 2.75) is 13.8 Å². The molecule has 1 amide bonds. The Hall–Kier alpha value is -1.88. The Morgan fingerprint density at radius 2 is 2.00 bits per heavy atom. The third kappa shape index (κ3) is 4.06. The highest BCUT2D eigenvalue weighted by molar-refractivity contribution is 9.10. The zero-order chi connectivity index (χ0) is 14.5. The van der Waals surface area contributed by atoms with Crippen molar-refractivity contribution in [1.82, 2.24) is 4.98 Å². The lowest BCUT2D eigenvalue weighted by molar-refractivity contribution is -0.118. The Kier molecular flexibility index (Phi) is 4.74. The van der Waals surface area contributed by atoms with Crippen molar-refractivity contribution < 1.29 is 9.53 Å². The lowest BCUT2D eigenvalue weighted by atomic mass is 10.2. The molecule has 1 N–H and O–H groups in total. The largest absolute Gasteiger partial charge is 0.484 e. The van der Waals surface area contributed by atoms with E-state index in [0.29, 0.717) is 11.6 Å². The van der Waals surface area contributed by atoms with Gasteiger partial charge in [-0.25, -0.2) is 4.98 Å². The standard InChI is InChI=1S/C15H15BrN2O2/c1-10-3-5-13(6-4-10)20-9-14(19)18-15-11(2)7-12(16)8-17-15/h3-8H,9H2,1-2H3,(H,17,18,19). The van der Waals surface area contributed by atoms with Crippen LogP contribution in [0.1, 0.15) is 11.1 Å². The summed E-state index contributed by atoms with van der Waals surface area (Å²) in [6, 6.07) is 9.45. The van der Waals surface area contributed by atoms with Crippen LogP contribution in [0.3, 0.4) is 0 Å². The lowest BCUT2D eigenvalue weighted by Gasteiger charge is -2.09. The minimum absolute atomic E-state index is 0.0414. The van der Waals surface area contributed by atoms with E-state index < -0.39 is 0 Å². The maximum absolute atomic E-state index is 11.8. The first-order chi connectivity index (χ1) is 9.54. The SMILES string of the molecule is Cc1ccc(OCC(=O)Nc2ncc(Br)cc2C)cc1. The first-order valence-electron chi connectivity index (χ1n) is 6.16. The molecule has 0 aliphatic carbocycles. The van der Waals surface area contributed by atoms with Crippen LogP contribution in [0, 0.1) is 13.8 Å².